The quantitative estimate of drug-likeness (QED) is 0.139. The Labute approximate surface area is 297 Å². The van der Waals surface area contributed by atoms with E-state index in [2.05, 4.69) is 43.7 Å². The second-order valence-corrected chi connectivity index (χ2v) is 14.0. The van der Waals surface area contributed by atoms with Crippen LogP contribution in [0.4, 0.5) is 5.69 Å². The van der Waals surface area contributed by atoms with E-state index < -0.39 is 22.8 Å². The highest BCUT2D eigenvalue weighted by Crippen LogP contribution is 2.36. The number of fused-ring (bicyclic) bond motifs is 8. The van der Waals surface area contributed by atoms with E-state index in [1.54, 1.807) is 21.0 Å². The number of benzene rings is 1. The van der Waals surface area contributed by atoms with Gasteiger partial charge in [0, 0.05) is 33.1 Å². The molecule has 0 unspecified atom stereocenters. The van der Waals surface area contributed by atoms with Crippen molar-refractivity contribution in [3.8, 4) is 16.9 Å². The van der Waals surface area contributed by atoms with Gasteiger partial charge in [0.1, 0.15) is 5.35 Å². The molecule has 6 rings (SSSR count). The summed E-state index contributed by atoms with van der Waals surface area (Å²) in [6.45, 7) is 16.4. The molecule has 0 atom stereocenters. The molecular weight excluding hydrogens is 642 g/mol. The molecule has 0 aliphatic carbocycles. The van der Waals surface area contributed by atoms with Crippen LogP contribution in [0.25, 0.3) is 45.3 Å². The second kappa shape index (κ2) is 13.4. The number of anilines is 1. The summed E-state index contributed by atoms with van der Waals surface area (Å²) in [7, 11) is 1.58. The van der Waals surface area contributed by atoms with Gasteiger partial charge in [0.15, 0.2) is 5.75 Å². The fourth-order valence-electron chi connectivity index (χ4n) is 7.16. The van der Waals surface area contributed by atoms with E-state index >= 15 is 0 Å². The van der Waals surface area contributed by atoms with Crippen molar-refractivity contribution < 1.29 is 23.8 Å². The molecule has 51 heavy (non-hydrogen) atoms. The summed E-state index contributed by atoms with van der Waals surface area (Å²) in [6.07, 6.45) is 5.23. The normalized spacial score (nSPS) is 14.4. The molecule has 2 aliphatic heterocycles. The van der Waals surface area contributed by atoms with Gasteiger partial charge in [-0.1, -0.05) is 53.7 Å². The van der Waals surface area contributed by atoms with E-state index in [1.165, 1.54) is 0 Å². The highest BCUT2D eigenvalue weighted by Gasteiger charge is 2.31. The first kappa shape index (κ1) is 35.4. The Balaban J connectivity index is 1.95. The van der Waals surface area contributed by atoms with Crippen LogP contribution < -0.4 is 21.2 Å². The number of aromatic nitrogens is 4. The zero-order valence-electron chi connectivity index (χ0n) is 31.0. The van der Waals surface area contributed by atoms with Crippen molar-refractivity contribution in [3.63, 3.8) is 0 Å². The van der Waals surface area contributed by atoms with E-state index in [-0.39, 0.29) is 13.2 Å². The summed E-state index contributed by atoms with van der Waals surface area (Å²) in [4.78, 5) is 45.2. The van der Waals surface area contributed by atoms with Crippen molar-refractivity contribution >= 4 is 51.8 Å². The third-order valence-electron chi connectivity index (χ3n) is 9.64. The number of hydrogen-bond donors (Lipinski definition) is 3. The van der Waals surface area contributed by atoms with Gasteiger partial charge in [0.05, 0.1) is 59.2 Å². The van der Waals surface area contributed by atoms with Crippen LogP contribution in [0.3, 0.4) is 0 Å². The number of carbonyl (C=O) groups excluding carboxylic acids is 2. The van der Waals surface area contributed by atoms with Crippen molar-refractivity contribution in [1.82, 2.24) is 19.9 Å². The fraction of sp³-hybridized carbons (Fsp3) is 0.366. The maximum Gasteiger partial charge on any atom is 0.340 e. The lowest BCUT2D eigenvalue weighted by molar-refractivity contribution is 0.0518. The molecule has 4 aromatic rings. The summed E-state index contributed by atoms with van der Waals surface area (Å²) >= 11 is 0. The SMILES string of the molecule is CCOC(=O)c1c(CC)c2cc3nc(c(-c4cccc(N)c4)c4[nH]c(cc5nc(c(OC)c1[nH]2)=CC5(C)C)c(CC)c4C(=O)OCC)=CC3(C)C. The maximum atomic E-state index is 13.9. The van der Waals surface area contributed by atoms with E-state index in [0.29, 0.717) is 57.1 Å². The number of esters is 2. The standard InChI is InChI=1S/C41H47N5O5/c1-10-24-26-18-31-41(7,8)21-29(44-31)37(49-9)36-34(39(48)51-13-4)25(11-2)27(46-36)19-30-40(5,6)20-28(43-30)32(22-15-14-16-23(42)17-22)35(45-26)33(24)38(47)50-12-3/h14-21,45-46H,10-13,42H2,1-9H3. The first-order valence-electron chi connectivity index (χ1n) is 17.6. The van der Waals surface area contributed by atoms with Gasteiger partial charge in [-0.2, -0.15) is 0 Å². The molecule has 5 heterocycles. The lowest BCUT2D eigenvalue weighted by Gasteiger charge is -2.13. The number of nitrogens with zero attached hydrogens (tertiary/aromatic N) is 2. The maximum absolute atomic E-state index is 13.9. The van der Waals surface area contributed by atoms with Gasteiger partial charge in [0.25, 0.3) is 0 Å². The van der Waals surface area contributed by atoms with Gasteiger partial charge in [-0.3, -0.25) is 4.98 Å². The Morgan fingerprint density at radius 1 is 0.745 bits per heavy atom. The van der Waals surface area contributed by atoms with Crippen LogP contribution in [0, 0.1) is 0 Å². The number of aryl methyl sites for hydroxylation is 2. The van der Waals surface area contributed by atoms with Crippen molar-refractivity contribution in [3.05, 3.63) is 80.7 Å². The molecule has 266 valence electrons. The van der Waals surface area contributed by atoms with Crippen molar-refractivity contribution in [1.29, 1.82) is 0 Å². The topological polar surface area (TPSA) is 145 Å². The Bertz CT molecular complexity index is 2360. The molecular formula is C41H47N5O5. The Hall–Kier alpha value is -5.38. The number of ether oxygens (including phenoxy) is 3. The zero-order chi connectivity index (χ0) is 36.8. The van der Waals surface area contributed by atoms with Crippen molar-refractivity contribution in [2.75, 3.05) is 26.1 Å². The molecule has 2 aliphatic rings. The van der Waals surface area contributed by atoms with Gasteiger partial charge in [0.2, 0.25) is 0 Å². The molecule has 0 saturated carbocycles. The van der Waals surface area contributed by atoms with Crippen LogP contribution in [0.15, 0.2) is 36.4 Å². The van der Waals surface area contributed by atoms with Crippen LogP contribution in [0.5, 0.6) is 5.75 Å². The monoisotopic (exact) mass is 689 g/mol. The first-order chi connectivity index (χ1) is 24.3. The zero-order valence-corrected chi connectivity index (χ0v) is 31.0. The molecule has 0 amide bonds. The summed E-state index contributed by atoms with van der Waals surface area (Å²) in [5.41, 5.74) is 13.9. The molecule has 4 N–H and O–H groups in total. The Kier molecular flexibility index (Phi) is 9.31. The predicted octanol–water partition coefficient (Wildman–Crippen LogP) is 6.57. The lowest BCUT2D eigenvalue weighted by atomic mass is 9.89. The van der Waals surface area contributed by atoms with Gasteiger partial charge in [-0.15, -0.1) is 0 Å². The predicted molar refractivity (Wildman–Crippen MR) is 202 cm³/mol. The number of nitrogens with two attached hydrogens (primary N) is 1. The number of nitrogen functional groups attached to an aromatic ring is 1. The molecule has 10 nitrogen and oxygen atoms in total. The smallest absolute Gasteiger partial charge is 0.340 e. The second-order valence-electron chi connectivity index (χ2n) is 14.0. The summed E-state index contributed by atoms with van der Waals surface area (Å²) in [5, 5.41) is 1.25. The highest BCUT2D eigenvalue weighted by molar-refractivity contribution is 6.06. The van der Waals surface area contributed by atoms with Gasteiger partial charge in [-0.25, -0.2) is 14.6 Å². The minimum atomic E-state index is -0.543. The average Bonchev–Trinajstić information content (AvgIpc) is 3.78. The number of carbonyl (C=O) groups is 2. The van der Waals surface area contributed by atoms with E-state index in [9.17, 15) is 9.59 Å². The van der Waals surface area contributed by atoms with E-state index in [0.717, 1.165) is 44.7 Å². The Morgan fingerprint density at radius 2 is 1.25 bits per heavy atom. The van der Waals surface area contributed by atoms with Crippen LogP contribution in [0.2, 0.25) is 0 Å². The molecule has 0 radical (unpaired) electrons. The summed E-state index contributed by atoms with van der Waals surface area (Å²) < 4.78 is 17.4. The lowest BCUT2D eigenvalue weighted by Crippen LogP contribution is -2.12. The minimum absolute atomic E-state index is 0.223. The molecule has 10 heteroatoms. The largest absolute Gasteiger partial charge is 0.492 e. The number of methoxy groups -OCH3 is 1. The molecule has 0 saturated heterocycles. The molecule has 8 bridgehead atoms. The van der Waals surface area contributed by atoms with Crippen LogP contribution in [-0.2, 0) is 33.1 Å². The van der Waals surface area contributed by atoms with Gasteiger partial charge >= 0.3 is 11.9 Å². The third-order valence-corrected chi connectivity index (χ3v) is 9.64. The number of nitrogens with one attached hydrogen (secondary N) is 2. The van der Waals surface area contributed by atoms with Crippen molar-refractivity contribution in [2.45, 2.75) is 79.1 Å². The molecule has 3 aromatic heterocycles. The molecule has 0 spiro atoms. The molecule has 0 fully saturated rings. The average molecular weight is 690 g/mol. The molecule has 1 aromatic carbocycles. The third kappa shape index (κ3) is 6.17. The fourth-order valence-corrected chi connectivity index (χ4v) is 7.16. The number of aromatic amines is 2. The van der Waals surface area contributed by atoms with Gasteiger partial charge in [-0.05, 0) is 79.8 Å². The van der Waals surface area contributed by atoms with Crippen LogP contribution >= 0.6 is 0 Å². The Morgan fingerprint density at radius 3 is 1.76 bits per heavy atom. The van der Waals surface area contributed by atoms with E-state index in [1.807, 2.05) is 56.3 Å². The van der Waals surface area contributed by atoms with E-state index in [4.69, 9.17) is 29.9 Å². The number of rotatable bonds is 8. The summed E-state index contributed by atoms with van der Waals surface area (Å²) in [5.74, 6) is -0.440. The van der Waals surface area contributed by atoms with Crippen molar-refractivity contribution in [2.24, 2.45) is 0 Å². The number of hydrogen-bond acceptors (Lipinski definition) is 8. The first-order valence-corrected chi connectivity index (χ1v) is 17.6. The minimum Gasteiger partial charge on any atom is -0.492 e. The number of H-pyrrole nitrogens is 2. The van der Waals surface area contributed by atoms with Crippen LogP contribution in [-0.4, -0.2) is 52.2 Å². The van der Waals surface area contributed by atoms with Gasteiger partial charge < -0.3 is 29.9 Å². The van der Waals surface area contributed by atoms with Crippen LogP contribution in [0.1, 0.15) is 98.6 Å². The summed E-state index contributed by atoms with van der Waals surface area (Å²) in [6, 6.07) is 11.6. The highest BCUT2D eigenvalue weighted by atomic mass is 16.5.